The molecule has 7 heteroatoms. The van der Waals surface area contributed by atoms with Gasteiger partial charge in [-0.2, -0.15) is 0 Å². The summed E-state index contributed by atoms with van der Waals surface area (Å²) < 4.78 is 4.80. The number of carbonyl (C=O) groups is 2. The third kappa shape index (κ3) is 10.1. The highest BCUT2D eigenvalue weighted by atomic mass is 16.5. The van der Waals surface area contributed by atoms with E-state index >= 15 is 0 Å². The van der Waals surface area contributed by atoms with Gasteiger partial charge in [-0.25, -0.2) is 4.79 Å². The third-order valence-corrected chi connectivity index (χ3v) is 3.00. The fraction of sp³-hybridized carbons (Fsp3) is 0.857. The Kier molecular flexibility index (Phi) is 9.73. The Labute approximate surface area is 126 Å². The summed E-state index contributed by atoms with van der Waals surface area (Å²) in [6, 6.07) is -0.329. The Morgan fingerprint density at radius 2 is 1.95 bits per heavy atom. The zero-order valence-corrected chi connectivity index (χ0v) is 13.3. The highest BCUT2D eigenvalue weighted by Crippen LogP contribution is 2.14. The number of carboxylic acid groups (broad SMARTS) is 1. The van der Waals surface area contributed by atoms with Crippen molar-refractivity contribution in [1.29, 1.82) is 0 Å². The topological polar surface area (TPSA) is 99.1 Å². The molecule has 7 nitrogen and oxygen atoms in total. The van der Waals surface area contributed by atoms with Crippen molar-refractivity contribution in [3.05, 3.63) is 0 Å². The Morgan fingerprint density at radius 1 is 1.33 bits per heavy atom. The van der Waals surface area contributed by atoms with Crippen LogP contribution in [0.25, 0.3) is 0 Å². The SMILES string of the molecule is COCC(O)CN(C)C(=O)NCC(CC(=O)O)CC(C)C. The predicted molar refractivity (Wildman–Crippen MR) is 79.1 cm³/mol. The first-order chi connectivity index (χ1) is 9.76. The van der Waals surface area contributed by atoms with E-state index < -0.39 is 12.1 Å². The molecule has 0 aromatic carbocycles. The van der Waals surface area contributed by atoms with Gasteiger partial charge in [-0.1, -0.05) is 13.8 Å². The second-order valence-electron chi connectivity index (χ2n) is 5.77. The van der Waals surface area contributed by atoms with E-state index in [1.807, 2.05) is 13.8 Å². The molecular weight excluding hydrogens is 276 g/mol. The highest BCUT2D eigenvalue weighted by molar-refractivity contribution is 5.74. The minimum atomic E-state index is -0.862. The van der Waals surface area contributed by atoms with Crippen LogP contribution in [0.4, 0.5) is 4.79 Å². The molecule has 0 spiro atoms. The van der Waals surface area contributed by atoms with Crippen molar-refractivity contribution in [2.45, 2.75) is 32.8 Å². The fourth-order valence-electron chi connectivity index (χ4n) is 2.16. The largest absolute Gasteiger partial charge is 0.481 e. The lowest BCUT2D eigenvalue weighted by Gasteiger charge is -2.23. The van der Waals surface area contributed by atoms with Crippen molar-refractivity contribution in [2.75, 3.05) is 33.9 Å². The van der Waals surface area contributed by atoms with Crippen LogP contribution in [-0.2, 0) is 9.53 Å². The van der Waals surface area contributed by atoms with Gasteiger partial charge < -0.3 is 25.2 Å². The van der Waals surface area contributed by atoms with Crippen molar-refractivity contribution >= 4 is 12.0 Å². The summed E-state index contributed by atoms with van der Waals surface area (Å²) in [5.74, 6) is -0.588. The molecule has 0 aromatic rings. The number of aliphatic hydroxyl groups is 1. The summed E-state index contributed by atoms with van der Waals surface area (Å²) in [5.41, 5.74) is 0. The monoisotopic (exact) mass is 304 g/mol. The number of nitrogens with one attached hydrogen (secondary N) is 1. The summed E-state index contributed by atoms with van der Waals surface area (Å²) in [6.07, 6.45) is 0.0353. The van der Waals surface area contributed by atoms with Gasteiger partial charge in [0.1, 0.15) is 0 Å². The number of urea groups is 1. The number of methoxy groups -OCH3 is 1. The van der Waals surface area contributed by atoms with Gasteiger partial charge in [-0.3, -0.25) is 4.79 Å². The van der Waals surface area contributed by atoms with Gasteiger partial charge in [-0.05, 0) is 18.3 Å². The second kappa shape index (κ2) is 10.4. The molecule has 3 N–H and O–H groups in total. The molecule has 2 unspecified atom stereocenters. The average molecular weight is 304 g/mol. The Bertz CT molecular complexity index is 322. The Balaban J connectivity index is 4.24. The van der Waals surface area contributed by atoms with Crippen LogP contribution in [0, 0.1) is 11.8 Å². The maximum Gasteiger partial charge on any atom is 0.317 e. The van der Waals surface area contributed by atoms with E-state index in [4.69, 9.17) is 9.84 Å². The molecule has 0 rings (SSSR count). The summed E-state index contributed by atoms with van der Waals surface area (Å²) in [5, 5.41) is 21.2. The number of aliphatic hydroxyl groups excluding tert-OH is 1. The Hall–Kier alpha value is -1.34. The first-order valence-corrected chi connectivity index (χ1v) is 7.14. The molecular formula is C14H28N2O5. The third-order valence-electron chi connectivity index (χ3n) is 3.00. The maximum absolute atomic E-state index is 11.9. The van der Waals surface area contributed by atoms with Crippen molar-refractivity contribution < 1.29 is 24.5 Å². The van der Waals surface area contributed by atoms with Crippen LogP contribution in [0.2, 0.25) is 0 Å². The number of hydrogen-bond acceptors (Lipinski definition) is 4. The zero-order chi connectivity index (χ0) is 16.4. The number of ether oxygens (including phenoxy) is 1. The van der Waals surface area contributed by atoms with Crippen LogP contribution < -0.4 is 5.32 Å². The van der Waals surface area contributed by atoms with E-state index in [0.29, 0.717) is 12.5 Å². The molecule has 0 bridgehead atoms. The molecule has 21 heavy (non-hydrogen) atoms. The summed E-state index contributed by atoms with van der Waals surface area (Å²) in [4.78, 5) is 24.0. The van der Waals surface area contributed by atoms with Gasteiger partial charge in [0.15, 0.2) is 0 Å². The van der Waals surface area contributed by atoms with Gasteiger partial charge in [0.05, 0.1) is 19.3 Å². The van der Waals surface area contributed by atoms with E-state index in [2.05, 4.69) is 5.32 Å². The molecule has 0 radical (unpaired) electrons. The molecule has 0 aliphatic heterocycles. The lowest BCUT2D eigenvalue weighted by molar-refractivity contribution is -0.138. The number of aliphatic carboxylic acids is 1. The highest BCUT2D eigenvalue weighted by Gasteiger charge is 2.18. The Morgan fingerprint density at radius 3 is 2.43 bits per heavy atom. The normalized spacial score (nSPS) is 13.8. The fourth-order valence-corrected chi connectivity index (χ4v) is 2.16. The number of carboxylic acids is 1. The standard InChI is InChI=1S/C14H28N2O5/c1-10(2)5-11(6-13(18)19)7-15-14(20)16(3)8-12(17)9-21-4/h10-12,17H,5-9H2,1-4H3,(H,15,20)(H,18,19). The van der Waals surface area contributed by atoms with Crippen molar-refractivity contribution in [1.82, 2.24) is 10.2 Å². The van der Waals surface area contributed by atoms with Crippen molar-refractivity contribution in [3.63, 3.8) is 0 Å². The van der Waals surface area contributed by atoms with E-state index in [1.54, 1.807) is 7.05 Å². The number of hydrogen-bond donors (Lipinski definition) is 3. The minimum Gasteiger partial charge on any atom is -0.481 e. The van der Waals surface area contributed by atoms with Crippen LogP contribution in [0.1, 0.15) is 26.7 Å². The number of nitrogens with zero attached hydrogens (tertiary/aromatic N) is 1. The summed E-state index contributed by atoms with van der Waals surface area (Å²) in [7, 11) is 3.05. The van der Waals surface area contributed by atoms with E-state index in [1.165, 1.54) is 12.0 Å². The van der Waals surface area contributed by atoms with E-state index in [0.717, 1.165) is 6.42 Å². The van der Waals surface area contributed by atoms with Crippen LogP contribution >= 0.6 is 0 Å². The lowest BCUT2D eigenvalue weighted by Crippen LogP contribution is -2.44. The van der Waals surface area contributed by atoms with Gasteiger partial charge in [0.2, 0.25) is 0 Å². The zero-order valence-electron chi connectivity index (χ0n) is 13.3. The molecule has 0 aliphatic rings. The number of carbonyl (C=O) groups excluding carboxylic acids is 1. The molecule has 0 aliphatic carbocycles. The average Bonchev–Trinajstić information content (AvgIpc) is 2.34. The van der Waals surface area contributed by atoms with Gasteiger partial charge in [0.25, 0.3) is 0 Å². The number of likely N-dealkylation sites (N-methyl/N-ethyl adjacent to an activating group) is 1. The number of rotatable bonds is 10. The quantitative estimate of drug-likeness (QED) is 0.554. The summed E-state index contributed by atoms with van der Waals surface area (Å²) in [6.45, 7) is 4.67. The first-order valence-electron chi connectivity index (χ1n) is 7.14. The molecule has 0 fully saturated rings. The van der Waals surface area contributed by atoms with E-state index in [9.17, 15) is 14.7 Å². The van der Waals surface area contributed by atoms with Gasteiger partial charge >= 0.3 is 12.0 Å². The molecule has 124 valence electrons. The van der Waals surface area contributed by atoms with Crippen molar-refractivity contribution in [3.8, 4) is 0 Å². The van der Waals surface area contributed by atoms with Crippen molar-refractivity contribution in [2.24, 2.45) is 11.8 Å². The smallest absolute Gasteiger partial charge is 0.317 e. The second-order valence-corrected chi connectivity index (χ2v) is 5.77. The van der Waals surface area contributed by atoms with Crippen LogP contribution in [0.3, 0.4) is 0 Å². The van der Waals surface area contributed by atoms with Crippen LogP contribution in [0.15, 0.2) is 0 Å². The predicted octanol–water partition coefficient (Wildman–Crippen LogP) is 0.772. The van der Waals surface area contributed by atoms with Crippen LogP contribution in [-0.4, -0.2) is 67.1 Å². The van der Waals surface area contributed by atoms with Crippen LogP contribution in [0.5, 0.6) is 0 Å². The molecule has 2 amide bonds. The van der Waals surface area contributed by atoms with Gasteiger partial charge in [-0.15, -0.1) is 0 Å². The van der Waals surface area contributed by atoms with E-state index in [-0.39, 0.29) is 31.5 Å². The molecule has 2 atom stereocenters. The molecule has 0 saturated carbocycles. The lowest BCUT2D eigenvalue weighted by atomic mass is 9.94. The number of amides is 2. The minimum absolute atomic E-state index is 0.0362. The summed E-state index contributed by atoms with van der Waals surface area (Å²) >= 11 is 0. The maximum atomic E-state index is 11.9. The first kappa shape index (κ1) is 19.7. The molecule has 0 heterocycles. The molecule has 0 saturated heterocycles. The molecule has 0 aromatic heterocycles. The van der Waals surface area contributed by atoms with Gasteiger partial charge in [0, 0.05) is 27.1 Å².